The van der Waals surface area contributed by atoms with Crippen molar-refractivity contribution >= 4 is 28.7 Å². The molecule has 2 atom stereocenters. The Labute approximate surface area is 233 Å². The van der Waals surface area contributed by atoms with E-state index in [1.165, 1.54) is 6.07 Å². The van der Waals surface area contributed by atoms with Gasteiger partial charge in [-0.15, -0.1) is 0 Å². The Bertz CT molecular complexity index is 1510. The van der Waals surface area contributed by atoms with E-state index in [9.17, 15) is 9.18 Å². The molecule has 4 heterocycles. The highest BCUT2D eigenvalue weighted by atomic mass is 35.5. The molecule has 2 aromatic heterocycles. The van der Waals surface area contributed by atoms with Crippen LogP contribution in [0.25, 0.3) is 10.9 Å². The zero-order chi connectivity index (χ0) is 27.1. The number of aromatic nitrogens is 2. The summed E-state index contributed by atoms with van der Waals surface area (Å²) in [6.45, 7) is 7.00. The van der Waals surface area contributed by atoms with Gasteiger partial charge < -0.3 is 14.8 Å². The molecule has 1 saturated carbocycles. The van der Waals surface area contributed by atoms with E-state index in [0.29, 0.717) is 35.6 Å². The number of nitrogens with one attached hydrogen (secondary N) is 1. The molecule has 2 unspecified atom stereocenters. The summed E-state index contributed by atoms with van der Waals surface area (Å²) < 4.78 is 16.6. The quantitative estimate of drug-likeness (QED) is 0.442. The number of aliphatic imine (C=N–C) groups is 1. The predicted molar refractivity (Wildman–Crippen MR) is 153 cm³/mol. The van der Waals surface area contributed by atoms with Crippen molar-refractivity contribution in [3.05, 3.63) is 86.6 Å². The molecule has 2 fully saturated rings. The molecule has 1 N–H and O–H groups in total. The molecule has 0 bridgehead atoms. The van der Waals surface area contributed by atoms with Crippen LogP contribution in [0.15, 0.2) is 58.5 Å². The SMILES string of the molecule is Cc1cc(CN(Cc2cn(C3CC3)c3cc(Cl)c(F)cc3c2=O)C2CCCN(C3=CNC(C)C=N3)C2)ccn1. The second kappa shape index (κ2) is 10.7. The highest BCUT2D eigenvalue weighted by Gasteiger charge is 2.30. The van der Waals surface area contributed by atoms with Crippen LogP contribution in [-0.2, 0) is 13.1 Å². The summed E-state index contributed by atoms with van der Waals surface area (Å²) in [6.07, 6.45) is 11.9. The van der Waals surface area contributed by atoms with E-state index in [0.717, 1.165) is 55.9 Å². The number of benzene rings is 1. The van der Waals surface area contributed by atoms with Gasteiger partial charge in [0.05, 0.1) is 16.6 Å². The second-order valence-corrected chi connectivity index (χ2v) is 11.5. The minimum Gasteiger partial charge on any atom is -0.380 e. The largest absolute Gasteiger partial charge is 0.380 e. The van der Waals surface area contributed by atoms with Gasteiger partial charge in [0.15, 0.2) is 5.43 Å². The fraction of sp³-hybridized carbons (Fsp3) is 0.433. The summed E-state index contributed by atoms with van der Waals surface area (Å²) in [5.41, 5.74) is 3.39. The fourth-order valence-electron chi connectivity index (χ4n) is 5.75. The lowest BCUT2D eigenvalue weighted by atomic mass is 10.0. The molecule has 3 aromatic rings. The Kier molecular flexibility index (Phi) is 7.16. The smallest absolute Gasteiger partial charge is 0.193 e. The molecule has 0 spiro atoms. The minimum atomic E-state index is -0.558. The van der Waals surface area contributed by atoms with Gasteiger partial charge in [-0.2, -0.15) is 0 Å². The van der Waals surface area contributed by atoms with Crippen LogP contribution in [0.2, 0.25) is 5.02 Å². The van der Waals surface area contributed by atoms with Gasteiger partial charge in [0.1, 0.15) is 11.6 Å². The Hall–Kier alpha value is -3.23. The molecular weight excluding hydrogens is 515 g/mol. The summed E-state index contributed by atoms with van der Waals surface area (Å²) in [5.74, 6) is 0.392. The molecule has 39 heavy (non-hydrogen) atoms. The van der Waals surface area contributed by atoms with E-state index in [4.69, 9.17) is 11.6 Å². The topological polar surface area (TPSA) is 65.8 Å². The van der Waals surface area contributed by atoms with Crippen molar-refractivity contribution in [1.82, 2.24) is 24.7 Å². The molecule has 1 saturated heterocycles. The van der Waals surface area contributed by atoms with Crippen molar-refractivity contribution in [3.8, 4) is 0 Å². The maximum atomic E-state index is 14.5. The average molecular weight is 549 g/mol. The number of likely N-dealkylation sites (tertiary alicyclic amines) is 1. The maximum Gasteiger partial charge on any atom is 0.193 e. The molecule has 1 aromatic carbocycles. The Morgan fingerprint density at radius 2 is 2.05 bits per heavy atom. The summed E-state index contributed by atoms with van der Waals surface area (Å²) >= 11 is 6.12. The average Bonchev–Trinajstić information content (AvgIpc) is 3.77. The molecule has 2 aliphatic heterocycles. The van der Waals surface area contributed by atoms with E-state index in [1.807, 2.05) is 37.8 Å². The van der Waals surface area contributed by atoms with Crippen LogP contribution < -0.4 is 10.7 Å². The van der Waals surface area contributed by atoms with Crippen molar-refractivity contribution < 1.29 is 4.39 Å². The molecule has 6 rings (SSSR count). The molecule has 204 valence electrons. The van der Waals surface area contributed by atoms with Gasteiger partial charge in [0.25, 0.3) is 0 Å². The number of hydrogen-bond donors (Lipinski definition) is 1. The third-order valence-electron chi connectivity index (χ3n) is 7.95. The van der Waals surface area contributed by atoms with Crippen molar-refractivity contribution in [2.75, 3.05) is 13.1 Å². The number of fused-ring (bicyclic) bond motifs is 1. The van der Waals surface area contributed by atoms with Crippen molar-refractivity contribution in [3.63, 3.8) is 0 Å². The van der Waals surface area contributed by atoms with Crippen LogP contribution in [0.3, 0.4) is 0 Å². The highest BCUT2D eigenvalue weighted by Crippen LogP contribution is 2.38. The number of aryl methyl sites for hydroxylation is 1. The van der Waals surface area contributed by atoms with E-state index in [1.54, 1.807) is 6.07 Å². The van der Waals surface area contributed by atoms with E-state index < -0.39 is 5.82 Å². The first kappa shape index (κ1) is 26.0. The number of piperidine rings is 1. The molecule has 0 amide bonds. The number of rotatable bonds is 7. The van der Waals surface area contributed by atoms with E-state index >= 15 is 0 Å². The third-order valence-corrected chi connectivity index (χ3v) is 8.24. The maximum absolute atomic E-state index is 14.5. The van der Waals surface area contributed by atoms with Gasteiger partial charge in [0.2, 0.25) is 0 Å². The highest BCUT2D eigenvalue weighted by molar-refractivity contribution is 6.31. The van der Waals surface area contributed by atoms with Gasteiger partial charge in [-0.05, 0) is 69.4 Å². The summed E-state index contributed by atoms with van der Waals surface area (Å²) in [6, 6.07) is 7.81. The molecular formula is C30H34ClFN6O. The van der Waals surface area contributed by atoms with Gasteiger partial charge in [-0.1, -0.05) is 11.6 Å². The lowest BCUT2D eigenvalue weighted by Crippen LogP contribution is -2.48. The number of hydrogen-bond acceptors (Lipinski definition) is 6. The summed E-state index contributed by atoms with van der Waals surface area (Å²) in [4.78, 5) is 27.5. The van der Waals surface area contributed by atoms with Crippen molar-refractivity contribution in [2.45, 2.75) is 70.7 Å². The third kappa shape index (κ3) is 5.58. The van der Waals surface area contributed by atoms with Gasteiger partial charge in [0, 0.05) is 79.7 Å². The number of pyridine rings is 2. The normalized spacial score (nSPS) is 21.4. The lowest BCUT2D eigenvalue weighted by molar-refractivity contribution is 0.101. The monoisotopic (exact) mass is 548 g/mol. The first-order valence-electron chi connectivity index (χ1n) is 13.8. The first-order chi connectivity index (χ1) is 18.9. The standard InChI is InChI=1S/C30H34ClFN6O/c1-19-10-21(7-8-33-19)15-37(24-4-3-9-36(18-24)29-14-34-20(2)13-35-29)16-22-17-38(23-5-6-23)28-12-26(31)27(32)11-25(28)30(22)39/h7-8,10-14,17,20,23-24,34H,3-6,9,15-16,18H2,1-2H3. The van der Waals surface area contributed by atoms with Crippen LogP contribution in [0.4, 0.5) is 4.39 Å². The fourth-order valence-corrected chi connectivity index (χ4v) is 5.90. The Morgan fingerprint density at radius 1 is 1.21 bits per heavy atom. The Morgan fingerprint density at radius 3 is 2.79 bits per heavy atom. The molecule has 0 radical (unpaired) electrons. The van der Waals surface area contributed by atoms with Crippen molar-refractivity contribution in [2.24, 2.45) is 4.99 Å². The van der Waals surface area contributed by atoms with Crippen LogP contribution in [0.1, 0.15) is 55.5 Å². The van der Waals surface area contributed by atoms with Gasteiger partial charge in [-0.3, -0.25) is 14.7 Å². The molecule has 1 aliphatic carbocycles. The van der Waals surface area contributed by atoms with Crippen molar-refractivity contribution in [1.29, 1.82) is 0 Å². The van der Waals surface area contributed by atoms with E-state index in [-0.39, 0.29) is 22.5 Å². The number of nitrogens with zero attached hydrogens (tertiary/aromatic N) is 5. The molecule has 3 aliphatic rings. The zero-order valence-corrected chi connectivity index (χ0v) is 23.2. The lowest BCUT2D eigenvalue weighted by Gasteiger charge is -2.41. The zero-order valence-electron chi connectivity index (χ0n) is 22.4. The predicted octanol–water partition coefficient (Wildman–Crippen LogP) is 5.16. The minimum absolute atomic E-state index is 0.0459. The first-order valence-corrected chi connectivity index (χ1v) is 14.2. The van der Waals surface area contributed by atoms with Gasteiger partial charge in [-0.25, -0.2) is 9.38 Å². The Balaban J connectivity index is 1.36. The van der Waals surface area contributed by atoms with Crippen LogP contribution in [0, 0.1) is 12.7 Å². The van der Waals surface area contributed by atoms with E-state index in [2.05, 4.69) is 42.7 Å². The number of halogens is 2. The van der Waals surface area contributed by atoms with Gasteiger partial charge >= 0.3 is 0 Å². The molecule has 9 heteroatoms. The van der Waals surface area contributed by atoms with Crippen LogP contribution in [-0.4, -0.2) is 50.7 Å². The summed E-state index contributed by atoms with van der Waals surface area (Å²) in [7, 11) is 0. The summed E-state index contributed by atoms with van der Waals surface area (Å²) in [5, 5.41) is 3.80. The molecule has 7 nitrogen and oxygen atoms in total. The van der Waals surface area contributed by atoms with Crippen LogP contribution >= 0.6 is 11.6 Å². The second-order valence-electron chi connectivity index (χ2n) is 11.1. The van der Waals surface area contributed by atoms with Crippen LogP contribution in [0.5, 0.6) is 0 Å².